The van der Waals surface area contributed by atoms with Crippen molar-refractivity contribution in [1.82, 2.24) is 0 Å². The summed E-state index contributed by atoms with van der Waals surface area (Å²) in [5.41, 5.74) is 0. The van der Waals surface area contributed by atoms with E-state index in [1.807, 2.05) is 6.92 Å². The minimum absolute atomic E-state index is 0. The summed E-state index contributed by atoms with van der Waals surface area (Å²) in [5, 5.41) is 18.0. The van der Waals surface area contributed by atoms with Gasteiger partial charge in [-0.25, -0.2) is 0 Å². The summed E-state index contributed by atoms with van der Waals surface area (Å²) in [6, 6.07) is 0. The van der Waals surface area contributed by atoms with Crippen LogP contribution in [0.1, 0.15) is 52.4 Å². The number of carboxylic acid groups (broad SMARTS) is 2. The van der Waals surface area contributed by atoms with Gasteiger partial charge in [-0.1, -0.05) is 39.5 Å². The molecule has 0 saturated heterocycles. The van der Waals surface area contributed by atoms with Crippen LogP contribution >= 0.6 is 0 Å². The molecule has 2 atom stereocenters. The van der Waals surface area contributed by atoms with Crippen LogP contribution in [0.15, 0.2) is 0 Å². The normalized spacial score (nSPS) is 15.6. The summed E-state index contributed by atoms with van der Waals surface area (Å²) in [6.45, 7) is 3.72. The third kappa shape index (κ3) is 6.49. The zero-order valence-corrected chi connectivity index (χ0v) is 12.5. The van der Waals surface area contributed by atoms with E-state index in [0.717, 1.165) is 12.8 Å². The predicted molar refractivity (Wildman–Crippen MR) is 80.6 cm³/mol. The lowest BCUT2D eigenvalue weighted by Crippen LogP contribution is -2.49. The molecule has 0 rings (SSSR count). The first-order valence-electron chi connectivity index (χ1n) is 6.53. The van der Waals surface area contributed by atoms with Crippen molar-refractivity contribution in [3.63, 3.8) is 0 Å². The number of hydrogen-bond donors (Lipinski definition) is 3. The van der Waals surface area contributed by atoms with Gasteiger partial charge in [0.1, 0.15) is 0 Å². The molecular formula is C12H24MgO7S. The predicted octanol–water partition coefficient (Wildman–Crippen LogP) is 0.863. The van der Waals surface area contributed by atoms with Gasteiger partial charge in [-0.05, 0) is 12.3 Å². The van der Waals surface area contributed by atoms with Gasteiger partial charge in [-0.2, -0.15) is 8.42 Å². The van der Waals surface area contributed by atoms with Gasteiger partial charge in [0, 0.05) is 0 Å². The summed E-state index contributed by atoms with van der Waals surface area (Å²) < 4.78 is 29.5. The molecule has 2 unspecified atom stereocenters. The fourth-order valence-electron chi connectivity index (χ4n) is 2.20. The second-order valence-electron chi connectivity index (χ2n) is 4.97. The van der Waals surface area contributed by atoms with Crippen molar-refractivity contribution in [2.75, 3.05) is 0 Å². The van der Waals surface area contributed by atoms with E-state index in [1.165, 1.54) is 0 Å². The molecule has 9 heteroatoms. The van der Waals surface area contributed by atoms with Crippen molar-refractivity contribution >= 4 is 45.1 Å². The smallest absolute Gasteiger partial charge is 0.328 e. The van der Waals surface area contributed by atoms with Crippen LogP contribution in [0.5, 0.6) is 0 Å². The van der Waals surface area contributed by atoms with Gasteiger partial charge in [-0.3, -0.25) is 14.1 Å². The molecule has 0 amide bonds. The molecule has 0 aromatic carbocycles. The SMILES string of the molecule is CCCCC(CC)CC(CC(=O)O)(C(=O)O)S(=O)(=O)O.[MgH2]. The second-order valence-corrected chi connectivity index (χ2v) is 6.70. The van der Waals surface area contributed by atoms with Gasteiger partial charge in [0.15, 0.2) is 0 Å². The number of rotatable bonds is 10. The van der Waals surface area contributed by atoms with Crippen LogP contribution in [0.2, 0.25) is 0 Å². The van der Waals surface area contributed by atoms with Crippen LogP contribution < -0.4 is 0 Å². The lowest BCUT2D eigenvalue weighted by molar-refractivity contribution is -0.147. The van der Waals surface area contributed by atoms with Gasteiger partial charge in [-0.15, -0.1) is 0 Å². The average molecular weight is 337 g/mol. The van der Waals surface area contributed by atoms with E-state index in [1.54, 1.807) is 6.92 Å². The largest absolute Gasteiger partial charge is 0.481 e. The summed E-state index contributed by atoms with van der Waals surface area (Å²) in [5.74, 6) is -3.67. The lowest BCUT2D eigenvalue weighted by atomic mass is 9.86. The highest BCUT2D eigenvalue weighted by Gasteiger charge is 2.53. The third-order valence-electron chi connectivity index (χ3n) is 3.48. The molecule has 0 spiro atoms. The second kappa shape index (κ2) is 9.60. The van der Waals surface area contributed by atoms with Crippen molar-refractivity contribution in [2.45, 2.75) is 57.1 Å². The minimum Gasteiger partial charge on any atom is -0.481 e. The van der Waals surface area contributed by atoms with Crippen molar-refractivity contribution < 1.29 is 32.8 Å². The van der Waals surface area contributed by atoms with E-state index < -0.39 is 39.6 Å². The lowest BCUT2D eigenvalue weighted by Gasteiger charge is -2.28. The number of hydrogen-bond acceptors (Lipinski definition) is 4. The minimum atomic E-state index is -5.03. The van der Waals surface area contributed by atoms with E-state index >= 15 is 0 Å². The Morgan fingerprint density at radius 1 is 1.19 bits per heavy atom. The Hall–Kier alpha value is -0.384. The molecule has 0 fully saturated rings. The molecule has 0 aliphatic heterocycles. The molecule has 0 aromatic rings. The molecule has 0 saturated carbocycles. The number of carbonyl (C=O) groups is 2. The third-order valence-corrected chi connectivity index (χ3v) is 4.96. The molecule has 7 nitrogen and oxygen atoms in total. The van der Waals surface area contributed by atoms with Crippen molar-refractivity contribution in [3.8, 4) is 0 Å². The highest BCUT2D eigenvalue weighted by atomic mass is 32.2. The molecule has 0 heterocycles. The Kier molecular flexibility index (Phi) is 10.5. The molecule has 0 aliphatic carbocycles. The summed E-state index contributed by atoms with van der Waals surface area (Å²) >= 11 is 0. The average Bonchev–Trinajstić information content (AvgIpc) is 2.30. The number of unbranched alkanes of at least 4 members (excludes halogenated alkanes) is 1. The van der Waals surface area contributed by atoms with Gasteiger partial charge in [0.2, 0.25) is 4.75 Å². The highest BCUT2D eigenvalue weighted by molar-refractivity contribution is 7.88. The van der Waals surface area contributed by atoms with Crippen molar-refractivity contribution in [3.05, 3.63) is 0 Å². The molecule has 0 bridgehead atoms. The topological polar surface area (TPSA) is 129 Å². The Bertz CT molecular complexity index is 449. The van der Waals surface area contributed by atoms with Crippen LogP contribution in [0.3, 0.4) is 0 Å². The molecule has 122 valence electrons. The Balaban J connectivity index is 0. The Labute approximate surface area is 141 Å². The zero-order chi connectivity index (χ0) is 16.0. The van der Waals surface area contributed by atoms with E-state index in [4.69, 9.17) is 5.11 Å². The first-order valence-corrected chi connectivity index (χ1v) is 7.97. The summed E-state index contributed by atoms with van der Waals surface area (Å²) in [4.78, 5) is 22.1. The molecule has 3 N–H and O–H groups in total. The van der Waals surface area contributed by atoms with Gasteiger partial charge < -0.3 is 10.2 Å². The van der Waals surface area contributed by atoms with E-state index in [2.05, 4.69) is 0 Å². The van der Waals surface area contributed by atoms with Gasteiger partial charge >= 0.3 is 35.0 Å². The molecular weight excluding hydrogens is 312 g/mol. The van der Waals surface area contributed by atoms with Crippen LogP contribution in [0.25, 0.3) is 0 Å². The monoisotopic (exact) mass is 336 g/mol. The van der Waals surface area contributed by atoms with Crippen molar-refractivity contribution in [2.24, 2.45) is 5.92 Å². The summed E-state index contributed by atoms with van der Waals surface area (Å²) in [6.07, 6.45) is 1.21. The molecule has 0 aromatic heterocycles. The number of carboxylic acids is 2. The standard InChI is InChI=1S/C12H22O7S.Mg.2H/c1-3-5-6-9(4-2)7-12(11(15)16,8-10(13)14)20(17,18)19;;;/h9H,3-8H2,1-2H3,(H,13,14)(H,15,16)(H,17,18,19);;;. The molecule has 21 heavy (non-hydrogen) atoms. The Morgan fingerprint density at radius 2 is 1.71 bits per heavy atom. The fraction of sp³-hybridized carbons (Fsp3) is 0.833. The van der Waals surface area contributed by atoms with Gasteiger partial charge in [0.25, 0.3) is 10.1 Å². The first-order chi connectivity index (χ1) is 9.10. The fourth-order valence-corrected chi connectivity index (χ4v) is 3.17. The van der Waals surface area contributed by atoms with E-state index in [9.17, 15) is 27.7 Å². The number of aliphatic carboxylic acids is 2. The maximum Gasteiger partial charge on any atom is 0.328 e. The van der Waals surface area contributed by atoms with Crippen LogP contribution in [-0.4, -0.2) is 62.9 Å². The Morgan fingerprint density at radius 3 is 2.00 bits per heavy atom. The van der Waals surface area contributed by atoms with E-state index in [-0.39, 0.29) is 29.0 Å². The van der Waals surface area contributed by atoms with Crippen LogP contribution in [0.4, 0.5) is 0 Å². The van der Waals surface area contributed by atoms with Crippen LogP contribution in [0, 0.1) is 5.92 Å². The first kappa shape index (κ1) is 22.9. The highest BCUT2D eigenvalue weighted by Crippen LogP contribution is 2.33. The summed E-state index contributed by atoms with van der Waals surface area (Å²) in [7, 11) is -5.03. The van der Waals surface area contributed by atoms with Crippen molar-refractivity contribution in [1.29, 1.82) is 0 Å². The van der Waals surface area contributed by atoms with E-state index in [0.29, 0.717) is 12.8 Å². The quantitative estimate of drug-likeness (QED) is 0.398. The van der Waals surface area contributed by atoms with Crippen LogP contribution in [-0.2, 0) is 19.7 Å². The maximum atomic E-state index is 11.5. The van der Waals surface area contributed by atoms with Gasteiger partial charge in [0.05, 0.1) is 6.42 Å². The zero-order valence-electron chi connectivity index (χ0n) is 11.7. The molecule has 0 radical (unpaired) electrons. The molecule has 0 aliphatic rings. The maximum absolute atomic E-state index is 11.5.